The zero-order valence-electron chi connectivity index (χ0n) is 17.5. The van der Waals surface area contributed by atoms with Crippen LogP contribution < -0.4 is 5.32 Å². The van der Waals surface area contributed by atoms with Crippen molar-refractivity contribution in [3.8, 4) is 0 Å². The summed E-state index contributed by atoms with van der Waals surface area (Å²) in [4.78, 5) is 0. The minimum atomic E-state index is 1.16. The predicted octanol–water partition coefficient (Wildman–Crippen LogP) is 5.61. The molecule has 1 aliphatic rings. The highest BCUT2D eigenvalue weighted by atomic mass is 15.6. The largest absolute Gasteiger partial charge is 0.314 e. The van der Waals surface area contributed by atoms with Crippen molar-refractivity contribution >= 4 is 0 Å². The van der Waals surface area contributed by atoms with Crippen molar-refractivity contribution in [2.45, 2.75) is 104 Å². The average Bonchev–Trinajstić information content (AvgIpc) is 2.65. The SMILES string of the molecule is CCCCCCCCCN(CCCCCCCCC)N1CCNCC1. The zero-order chi connectivity index (χ0) is 18.0. The van der Waals surface area contributed by atoms with Crippen LogP contribution >= 0.6 is 0 Å². The Morgan fingerprint density at radius 2 is 1.00 bits per heavy atom. The molecule has 0 saturated carbocycles. The van der Waals surface area contributed by atoms with Gasteiger partial charge >= 0.3 is 0 Å². The summed E-state index contributed by atoms with van der Waals surface area (Å²) in [6, 6.07) is 0. The van der Waals surface area contributed by atoms with Gasteiger partial charge in [-0.3, -0.25) is 0 Å². The molecule has 0 spiro atoms. The van der Waals surface area contributed by atoms with E-state index in [1.54, 1.807) is 0 Å². The molecule has 1 rings (SSSR count). The second kappa shape index (κ2) is 17.3. The van der Waals surface area contributed by atoms with Gasteiger partial charge in [0.25, 0.3) is 0 Å². The molecular formula is C22H47N3. The third-order valence-electron chi connectivity index (χ3n) is 5.53. The highest BCUT2D eigenvalue weighted by Crippen LogP contribution is 2.12. The Hall–Kier alpha value is -0.120. The van der Waals surface area contributed by atoms with Crippen LogP contribution in [-0.2, 0) is 0 Å². The lowest BCUT2D eigenvalue weighted by Gasteiger charge is -2.38. The summed E-state index contributed by atoms with van der Waals surface area (Å²) in [5.74, 6) is 0. The van der Waals surface area contributed by atoms with Gasteiger partial charge in [0.15, 0.2) is 0 Å². The van der Waals surface area contributed by atoms with E-state index in [2.05, 4.69) is 29.2 Å². The summed E-state index contributed by atoms with van der Waals surface area (Å²) in [7, 11) is 0. The van der Waals surface area contributed by atoms with Crippen LogP contribution in [0.4, 0.5) is 0 Å². The molecule has 1 N–H and O–H groups in total. The first-order chi connectivity index (χ1) is 12.4. The third kappa shape index (κ3) is 12.8. The maximum Gasteiger partial charge on any atom is 0.0259 e. The molecule has 3 heteroatoms. The monoisotopic (exact) mass is 353 g/mol. The van der Waals surface area contributed by atoms with E-state index >= 15 is 0 Å². The first-order valence-corrected chi connectivity index (χ1v) is 11.6. The summed E-state index contributed by atoms with van der Waals surface area (Å²) in [5, 5.41) is 8.82. The Labute approximate surface area is 158 Å². The van der Waals surface area contributed by atoms with Crippen LogP contribution in [0.1, 0.15) is 104 Å². The van der Waals surface area contributed by atoms with E-state index in [1.807, 2.05) is 0 Å². The van der Waals surface area contributed by atoms with Crippen molar-refractivity contribution in [2.75, 3.05) is 39.3 Å². The summed E-state index contributed by atoms with van der Waals surface area (Å²) < 4.78 is 0. The standard InChI is InChI=1S/C22H47N3/c1-3-5-7-9-11-13-15-19-24(25-21-17-23-18-22-25)20-16-14-12-10-8-6-4-2/h23H,3-22H2,1-2H3. The number of rotatable bonds is 17. The second-order valence-corrected chi connectivity index (χ2v) is 7.90. The van der Waals surface area contributed by atoms with Crippen molar-refractivity contribution in [3.63, 3.8) is 0 Å². The Morgan fingerprint density at radius 3 is 1.44 bits per heavy atom. The molecule has 0 radical (unpaired) electrons. The molecule has 0 bridgehead atoms. The molecule has 0 unspecified atom stereocenters. The van der Waals surface area contributed by atoms with Gasteiger partial charge in [0.1, 0.15) is 0 Å². The second-order valence-electron chi connectivity index (χ2n) is 7.90. The molecule has 0 amide bonds. The van der Waals surface area contributed by atoms with Crippen molar-refractivity contribution in [3.05, 3.63) is 0 Å². The molecule has 150 valence electrons. The van der Waals surface area contributed by atoms with Gasteiger partial charge in [0.2, 0.25) is 0 Å². The number of hydrogen-bond donors (Lipinski definition) is 1. The number of unbranched alkanes of at least 4 members (excludes halogenated alkanes) is 12. The zero-order valence-corrected chi connectivity index (χ0v) is 17.5. The summed E-state index contributed by atoms with van der Waals surface area (Å²) >= 11 is 0. The van der Waals surface area contributed by atoms with E-state index < -0.39 is 0 Å². The van der Waals surface area contributed by atoms with Crippen LogP contribution in [-0.4, -0.2) is 49.3 Å². The molecule has 25 heavy (non-hydrogen) atoms. The maximum atomic E-state index is 3.49. The molecule has 0 aromatic heterocycles. The number of hydrazine groups is 1. The minimum absolute atomic E-state index is 1.16. The summed E-state index contributed by atoms with van der Waals surface area (Å²) in [5.41, 5.74) is 0. The Morgan fingerprint density at radius 1 is 0.600 bits per heavy atom. The number of nitrogens with one attached hydrogen (secondary N) is 1. The normalized spacial score (nSPS) is 16.0. The molecular weight excluding hydrogens is 306 g/mol. The number of piperazine rings is 1. The quantitative estimate of drug-likeness (QED) is 0.343. The smallest absolute Gasteiger partial charge is 0.0259 e. The van der Waals surface area contributed by atoms with Gasteiger partial charge in [-0.15, -0.1) is 0 Å². The van der Waals surface area contributed by atoms with Crippen LogP contribution in [0.25, 0.3) is 0 Å². The fourth-order valence-corrected chi connectivity index (χ4v) is 3.83. The minimum Gasteiger partial charge on any atom is -0.314 e. The van der Waals surface area contributed by atoms with Gasteiger partial charge < -0.3 is 5.32 Å². The van der Waals surface area contributed by atoms with E-state index in [9.17, 15) is 0 Å². The van der Waals surface area contributed by atoms with Gasteiger partial charge in [-0.05, 0) is 12.8 Å². The van der Waals surface area contributed by atoms with Crippen LogP contribution in [0.5, 0.6) is 0 Å². The van der Waals surface area contributed by atoms with Crippen molar-refractivity contribution in [1.29, 1.82) is 0 Å². The maximum absolute atomic E-state index is 3.49. The van der Waals surface area contributed by atoms with Crippen LogP contribution in [0.3, 0.4) is 0 Å². The van der Waals surface area contributed by atoms with Gasteiger partial charge in [0.05, 0.1) is 0 Å². The lowest BCUT2D eigenvalue weighted by atomic mass is 10.1. The fourth-order valence-electron chi connectivity index (χ4n) is 3.83. The Balaban J connectivity index is 2.13. The van der Waals surface area contributed by atoms with Crippen LogP contribution in [0.15, 0.2) is 0 Å². The van der Waals surface area contributed by atoms with Gasteiger partial charge in [0, 0.05) is 39.3 Å². The molecule has 0 atom stereocenters. The predicted molar refractivity (Wildman–Crippen MR) is 112 cm³/mol. The molecule has 1 saturated heterocycles. The Bertz CT molecular complexity index is 246. The lowest BCUT2D eigenvalue weighted by Crippen LogP contribution is -2.52. The third-order valence-corrected chi connectivity index (χ3v) is 5.53. The molecule has 1 fully saturated rings. The first-order valence-electron chi connectivity index (χ1n) is 11.6. The van der Waals surface area contributed by atoms with Crippen molar-refractivity contribution in [2.24, 2.45) is 0 Å². The van der Waals surface area contributed by atoms with E-state index in [0.29, 0.717) is 0 Å². The van der Waals surface area contributed by atoms with Crippen LogP contribution in [0.2, 0.25) is 0 Å². The first kappa shape index (κ1) is 22.9. The van der Waals surface area contributed by atoms with Crippen molar-refractivity contribution < 1.29 is 0 Å². The molecule has 0 aromatic rings. The van der Waals surface area contributed by atoms with Gasteiger partial charge in [-0.25, -0.2) is 10.0 Å². The lowest BCUT2D eigenvalue weighted by molar-refractivity contribution is -0.0364. The molecule has 1 aliphatic heterocycles. The molecule has 1 heterocycles. The highest BCUT2D eigenvalue weighted by Gasteiger charge is 2.16. The average molecular weight is 354 g/mol. The molecule has 3 nitrogen and oxygen atoms in total. The van der Waals surface area contributed by atoms with E-state index in [-0.39, 0.29) is 0 Å². The van der Waals surface area contributed by atoms with E-state index in [0.717, 1.165) is 13.1 Å². The molecule has 0 aliphatic carbocycles. The summed E-state index contributed by atoms with van der Waals surface area (Å²) in [6.45, 7) is 11.9. The van der Waals surface area contributed by atoms with Crippen LogP contribution in [0, 0.1) is 0 Å². The number of hydrogen-bond acceptors (Lipinski definition) is 3. The van der Waals surface area contributed by atoms with E-state index in [4.69, 9.17) is 0 Å². The van der Waals surface area contributed by atoms with Crippen molar-refractivity contribution in [1.82, 2.24) is 15.3 Å². The topological polar surface area (TPSA) is 18.5 Å². The fraction of sp³-hybridized carbons (Fsp3) is 1.00. The van der Waals surface area contributed by atoms with Gasteiger partial charge in [-0.2, -0.15) is 0 Å². The molecule has 0 aromatic carbocycles. The van der Waals surface area contributed by atoms with E-state index in [1.165, 1.54) is 116 Å². The highest BCUT2D eigenvalue weighted by molar-refractivity contribution is 4.67. The Kier molecular flexibility index (Phi) is 15.9. The summed E-state index contributed by atoms with van der Waals surface area (Å²) in [6.07, 6.45) is 19.8. The van der Waals surface area contributed by atoms with Gasteiger partial charge in [-0.1, -0.05) is 90.9 Å². The number of nitrogens with zero attached hydrogens (tertiary/aromatic N) is 2.